The molecule has 1 aliphatic heterocycles. The van der Waals surface area contributed by atoms with Gasteiger partial charge in [-0.05, 0) is 49.1 Å². The van der Waals surface area contributed by atoms with Gasteiger partial charge in [0, 0.05) is 32.4 Å². The fraction of sp³-hybridized carbons (Fsp3) is 0.389. The molecule has 24 heavy (non-hydrogen) atoms. The number of nitrogens with zero attached hydrogens (tertiary/aromatic N) is 4. The Hall–Kier alpha value is -2.63. The SMILES string of the molecule is C[C@@H](NC(=O)/C=C/c1ccc2c(c1)CCCN2C)c1nncn1C. The molecule has 0 bridgehead atoms. The van der Waals surface area contributed by atoms with Gasteiger partial charge in [-0.1, -0.05) is 6.07 Å². The molecule has 0 unspecified atom stereocenters. The Morgan fingerprint density at radius 2 is 2.21 bits per heavy atom. The summed E-state index contributed by atoms with van der Waals surface area (Å²) >= 11 is 0. The molecule has 1 N–H and O–H groups in total. The van der Waals surface area contributed by atoms with Crippen LogP contribution in [0.5, 0.6) is 0 Å². The van der Waals surface area contributed by atoms with Gasteiger partial charge in [-0.3, -0.25) is 4.79 Å². The number of anilines is 1. The Morgan fingerprint density at radius 3 is 2.96 bits per heavy atom. The number of nitrogens with one attached hydrogen (secondary N) is 1. The molecule has 1 aromatic carbocycles. The summed E-state index contributed by atoms with van der Waals surface area (Å²) in [5.41, 5.74) is 3.68. The standard InChI is InChI=1S/C18H23N5O/c1-13(18-21-19-12-23(18)3)20-17(24)9-7-14-6-8-16-15(11-14)5-4-10-22(16)2/h6-9,11-13H,4-5,10H2,1-3H3,(H,20,24)/b9-7+/t13-/m1/s1. The number of hydrogen-bond acceptors (Lipinski definition) is 4. The number of rotatable bonds is 4. The third-order valence-corrected chi connectivity index (χ3v) is 4.37. The lowest BCUT2D eigenvalue weighted by molar-refractivity contribution is -0.117. The highest BCUT2D eigenvalue weighted by Gasteiger charge is 2.14. The molecule has 3 rings (SSSR count). The summed E-state index contributed by atoms with van der Waals surface area (Å²) in [5, 5.41) is 10.7. The molecule has 0 saturated carbocycles. The fourth-order valence-electron chi connectivity index (χ4n) is 3.09. The van der Waals surface area contributed by atoms with E-state index < -0.39 is 0 Å². The van der Waals surface area contributed by atoms with Gasteiger partial charge >= 0.3 is 0 Å². The van der Waals surface area contributed by atoms with Gasteiger partial charge in [-0.2, -0.15) is 0 Å². The van der Waals surface area contributed by atoms with Gasteiger partial charge in [0.15, 0.2) is 5.82 Å². The predicted octanol–water partition coefficient (Wildman–Crippen LogP) is 2.09. The van der Waals surface area contributed by atoms with Crippen molar-refractivity contribution in [1.82, 2.24) is 20.1 Å². The summed E-state index contributed by atoms with van der Waals surface area (Å²) in [5.74, 6) is 0.592. The van der Waals surface area contributed by atoms with Crippen molar-refractivity contribution in [2.24, 2.45) is 7.05 Å². The van der Waals surface area contributed by atoms with Gasteiger partial charge in [-0.25, -0.2) is 0 Å². The number of carbonyl (C=O) groups is 1. The van der Waals surface area contributed by atoms with Crippen LogP contribution in [0.3, 0.4) is 0 Å². The number of benzene rings is 1. The number of fused-ring (bicyclic) bond motifs is 1. The molecule has 0 saturated heterocycles. The Kier molecular flexibility index (Phi) is 4.64. The van der Waals surface area contributed by atoms with E-state index in [0.29, 0.717) is 0 Å². The zero-order valence-corrected chi connectivity index (χ0v) is 14.4. The molecular formula is C18H23N5O. The lowest BCUT2D eigenvalue weighted by atomic mass is 9.99. The lowest BCUT2D eigenvalue weighted by Crippen LogP contribution is -2.26. The van der Waals surface area contributed by atoms with Crippen molar-refractivity contribution in [2.45, 2.75) is 25.8 Å². The van der Waals surface area contributed by atoms with Crippen LogP contribution in [0.1, 0.15) is 36.3 Å². The van der Waals surface area contributed by atoms with Crippen molar-refractivity contribution in [1.29, 1.82) is 0 Å². The van der Waals surface area contributed by atoms with Crippen molar-refractivity contribution in [3.63, 3.8) is 0 Å². The molecule has 6 heteroatoms. The maximum Gasteiger partial charge on any atom is 0.244 e. The Balaban J connectivity index is 1.65. The van der Waals surface area contributed by atoms with Gasteiger partial charge in [0.05, 0.1) is 6.04 Å². The zero-order valence-electron chi connectivity index (χ0n) is 14.4. The lowest BCUT2D eigenvalue weighted by Gasteiger charge is -2.27. The highest BCUT2D eigenvalue weighted by molar-refractivity contribution is 5.92. The van der Waals surface area contributed by atoms with E-state index in [9.17, 15) is 4.79 Å². The minimum Gasteiger partial charge on any atom is -0.374 e. The van der Waals surface area contributed by atoms with E-state index in [2.05, 4.69) is 45.7 Å². The number of hydrogen-bond donors (Lipinski definition) is 1. The molecule has 1 aliphatic rings. The number of aryl methyl sites for hydroxylation is 2. The van der Waals surface area contributed by atoms with E-state index in [1.54, 1.807) is 17.0 Å². The average Bonchev–Trinajstić information content (AvgIpc) is 2.99. The molecule has 1 atom stereocenters. The van der Waals surface area contributed by atoms with Gasteiger partial charge < -0.3 is 14.8 Å². The van der Waals surface area contributed by atoms with Crippen molar-refractivity contribution < 1.29 is 4.79 Å². The van der Waals surface area contributed by atoms with Crippen LogP contribution in [0.4, 0.5) is 5.69 Å². The summed E-state index contributed by atoms with van der Waals surface area (Å²) in [6.45, 7) is 3.00. The smallest absolute Gasteiger partial charge is 0.244 e. The van der Waals surface area contributed by atoms with E-state index in [4.69, 9.17) is 0 Å². The normalized spacial score (nSPS) is 15.4. The van der Waals surface area contributed by atoms with Crippen molar-refractivity contribution in [2.75, 3.05) is 18.5 Å². The summed E-state index contributed by atoms with van der Waals surface area (Å²) in [7, 11) is 3.98. The third-order valence-electron chi connectivity index (χ3n) is 4.37. The molecule has 0 fully saturated rings. The highest BCUT2D eigenvalue weighted by Crippen LogP contribution is 2.27. The first-order valence-electron chi connectivity index (χ1n) is 8.21. The first-order valence-corrected chi connectivity index (χ1v) is 8.21. The topological polar surface area (TPSA) is 63.1 Å². The van der Waals surface area contributed by atoms with Gasteiger partial charge in [0.1, 0.15) is 6.33 Å². The fourth-order valence-corrected chi connectivity index (χ4v) is 3.09. The highest BCUT2D eigenvalue weighted by atomic mass is 16.1. The second-order valence-electron chi connectivity index (χ2n) is 6.28. The molecule has 0 aliphatic carbocycles. The molecule has 0 radical (unpaired) electrons. The Morgan fingerprint density at radius 1 is 1.38 bits per heavy atom. The quantitative estimate of drug-likeness (QED) is 0.874. The zero-order chi connectivity index (χ0) is 17.1. The number of aromatic nitrogens is 3. The van der Waals surface area contributed by atoms with E-state index in [0.717, 1.165) is 24.4 Å². The van der Waals surface area contributed by atoms with Crippen LogP contribution >= 0.6 is 0 Å². The van der Waals surface area contributed by atoms with E-state index in [-0.39, 0.29) is 11.9 Å². The summed E-state index contributed by atoms with van der Waals surface area (Å²) in [6, 6.07) is 6.16. The first kappa shape index (κ1) is 16.2. The minimum atomic E-state index is -0.188. The van der Waals surface area contributed by atoms with E-state index in [1.807, 2.05) is 20.0 Å². The molecular weight excluding hydrogens is 302 g/mol. The van der Waals surface area contributed by atoms with Crippen LogP contribution in [0.25, 0.3) is 6.08 Å². The minimum absolute atomic E-state index is 0.139. The summed E-state index contributed by atoms with van der Waals surface area (Å²) in [6.07, 6.45) is 7.32. The molecule has 1 amide bonds. The molecule has 6 nitrogen and oxygen atoms in total. The average molecular weight is 325 g/mol. The molecule has 0 spiro atoms. The van der Waals surface area contributed by atoms with E-state index >= 15 is 0 Å². The predicted molar refractivity (Wildman–Crippen MR) is 94.6 cm³/mol. The van der Waals surface area contributed by atoms with Crippen LogP contribution in [0.2, 0.25) is 0 Å². The van der Waals surface area contributed by atoms with Crippen LogP contribution in [-0.4, -0.2) is 34.3 Å². The van der Waals surface area contributed by atoms with Crippen LogP contribution in [0, 0.1) is 0 Å². The molecule has 126 valence electrons. The Labute approximate surface area is 142 Å². The van der Waals surface area contributed by atoms with Crippen LogP contribution < -0.4 is 10.2 Å². The van der Waals surface area contributed by atoms with Crippen molar-refractivity contribution in [3.8, 4) is 0 Å². The first-order chi connectivity index (χ1) is 11.5. The summed E-state index contributed by atoms with van der Waals surface area (Å²) < 4.78 is 1.80. The van der Waals surface area contributed by atoms with Crippen LogP contribution in [-0.2, 0) is 18.3 Å². The van der Waals surface area contributed by atoms with Gasteiger partial charge in [0.25, 0.3) is 0 Å². The second kappa shape index (κ2) is 6.86. The molecule has 2 heterocycles. The molecule has 1 aromatic heterocycles. The Bertz CT molecular complexity index is 765. The van der Waals surface area contributed by atoms with E-state index in [1.165, 1.54) is 17.7 Å². The van der Waals surface area contributed by atoms with Crippen molar-refractivity contribution >= 4 is 17.7 Å². The van der Waals surface area contributed by atoms with Crippen LogP contribution in [0.15, 0.2) is 30.6 Å². The largest absolute Gasteiger partial charge is 0.374 e. The third kappa shape index (κ3) is 3.48. The maximum atomic E-state index is 12.1. The van der Waals surface area contributed by atoms with Gasteiger partial charge in [-0.15, -0.1) is 10.2 Å². The number of amides is 1. The van der Waals surface area contributed by atoms with Gasteiger partial charge in [0.2, 0.25) is 5.91 Å². The van der Waals surface area contributed by atoms with Crippen molar-refractivity contribution in [3.05, 3.63) is 47.6 Å². The monoisotopic (exact) mass is 325 g/mol. The summed E-state index contributed by atoms with van der Waals surface area (Å²) in [4.78, 5) is 14.4. The molecule has 2 aromatic rings. The second-order valence-corrected chi connectivity index (χ2v) is 6.28. The maximum absolute atomic E-state index is 12.1. The number of carbonyl (C=O) groups excluding carboxylic acids is 1.